The van der Waals surface area contributed by atoms with Gasteiger partial charge in [-0.3, -0.25) is 4.79 Å². The summed E-state index contributed by atoms with van der Waals surface area (Å²) in [4.78, 5) is 24.2. The van der Waals surface area contributed by atoms with Crippen molar-refractivity contribution >= 4 is 22.6 Å². The zero-order chi connectivity index (χ0) is 19.3. The van der Waals surface area contributed by atoms with Gasteiger partial charge in [-0.2, -0.15) is 9.36 Å². The Kier molecular flexibility index (Phi) is 6.22. The molecule has 1 amide bonds. The summed E-state index contributed by atoms with van der Waals surface area (Å²) in [5, 5.41) is 0.999. The number of carbonyl (C=O) groups is 1. The molecule has 0 N–H and O–H groups in total. The van der Waals surface area contributed by atoms with Crippen LogP contribution in [0.15, 0.2) is 30.3 Å². The van der Waals surface area contributed by atoms with E-state index >= 15 is 0 Å². The number of rotatable bonds is 5. The number of piperidine rings is 1. The smallest absolute Gasteiger partial charge is 0.222 e. The van der Waals surface area contributed by atoms with Gasteiger partial charge in [-0.15, -0.1) is 0 Å². The van der Waals surface area contributed by atoms with E-state index in [4.69, 9.17) is 4.98 Å². The van der Waals surface area contributed by atoms with E-state index in [9.17, 15) is 4.79 Å². The quantitative estimate of drug-likeness (QED) is 0.774. The number of nitrogens with zero attached hydrogens (tertiary/aromatic N) is 5. The van der Waals surface area contributed by atoms with Gasteiger partial charge in [0.2, 0.25) is 11.0 Å². The second-order valence-electron chi connectivity index (χ2n) is 7.72. The number of hydrogen-bond acceptors (Lipinski definition) is 6. The Bertz CT molecular complexity index is 764. The average Bonchev–Trinajstić information content (AvgIpc) is 3.25. The molecule has 0 atom stereocenters. The molecule has 150 valence electrons. The van der Waals surface area contributed by atoms with E-state index in [0.29, 0.717) is 18.2 Å². The molecule has 2 aliphatic heterocycles. The number of hydrogen-bond donors (Lipinski definition) is 0. The Hall–Kier alpha value is -1.99. The highest BCUT2D eigenvalue weighted by atomic mass is 32.1. The SMILES string of the molecule is CCN1CCN(C(=O)CC2CCN(c3nc(-c4ccccc4)ns3)CC2)CC1. The van der Waals surface area contributed by atoms with Crippen LogP contribution in [-0.4, -0.2) is 70.9 Å². The van der Waals surface area contributed by atoms with Crippen molar-refractivity contribution in [2.24, 2.45) is 5.92 Å². The molecule has 0 radical (unpaired) electrons. The lowest BCUT2D eigenvalue weighted by Gasteiger charge is -2.36. The first kappa shape index (κ1) is 19.3. The Balaban J connectivity index is 1.26. The Morgan fingerprint density at radius 1 is 1.07 bits per heavy atom. The molecule has 0 saturated carbocycles. The largest absolute Gasteiger partial charge is 0.347 e. The van der Waals surface area contributed by atoms with Gasteiger partial charge in [-0.1, -0.05) is 37.3 Å². The van der Waals surface area contributed by atoms with Crippen molar-refractivity contribution in [2.75, 3.05) is 50.7 Å². The summed E-state index contributed by atoms with van der Waals surface area (Å²) in [5.74, 6) is 1.65. The van der Waals surface area contributed by atoms with Gasteiger partial charge in [0.25, 0.3) is 0 Å². The predicted molar refractivity (Wildman–Crippen MR) is 114 cm³/mol. The standard InChI is InChI=1S/C21H29N5OS/c1-2-24-12-14-25(15-13-24)19(27)16-17-8-10-26(11-9-17)21-22-20(23-28-21)18-6-4-3-5-7-18/h3-7,17H,2,8-16H2,1H3. The third kappa shape index (κ3) is 4.52. The van der Waals surface area contributed by atoms with Crippen molar-refractivity contribution in [2.45, 2.75) is 26.2 Å². The van der Waals surface area contributed by atoms with Crippen LogP contribution < -0.4 is 4.90 Å². The molecule has 2 fully saturated rings. The van der Waals surface area contributed by atoms with Crippen LogP contribution in [-0.2, 0) is 4.79 Å². The normalized spacial score (nSPS) is 19.2. The zero-order valence-corrected chi connectivity index (χ0v) is 17.4. The van der Waals surface area contributed by atoms with Crippen LogP contribution >= 0.6 is 11.5 Å². The van der Waals surface area contributed by atoms with Gasteiger partial charge >= 0.3 is 0 Å². The molecule has 28 heavy (non-hydrogen) atoms. The zero-order valence-electron chi connectivity index (χ0n) is 16.6. The fourth-order valence-corrected chi connectivity index (χ4v) is 4.81. The first-order valence-electron chi connectivity index (χ1n) is 10.4. The van der Waals surface area contributed by atoms with E-state index < -0.39 is 0 Å². The van der Waals surface area contributed by atoms with Crippen molar-refractivity contribution in [1.82, 2.24) is 19.2 Å². The minimum atomic E-state index is 0.344. The Labute approximate surface area is 171 Å². The number of carbonyl (C=O) groups excluding carboxylic acids is 1. The number of likely N-dealkylation sites (N-methyl/N-ethyl adjacent to an activating group) is 1. The first-order chi connectivity index (χ1) is 13.7. The number of aromatic nitrogens is 2. The van der Waals surface area contributed by atoms with Crippen LogP contribution in [0.3, 0.4) is 0 Å². The van der Waals surface area contributed by atoms with Crippen molar-refractivity contribution in [3.05, 3.63) is 30.3 Å². The van der Waals surface area contributed by atoms with Crippen molar-refractivity contribution in [3.8, 4) is 11.4 Å². The van der Waals surface area contributed by atoms with Gasteiger partial charge in [0.15, 0.2) is 5.82 Å². The van der Waals surface area contributed by atoms with E-state index in [0.717, 1.165) is 75.2 Å². The molecule has 0 bridgehead atoms. The summed E-state index contributed by atoms with van der Waals surface area (Å²) < 4.78 is 4.53. The van der Waals surface area contributed by atoms with Gasteiger partial charge in [0.05, 0.1) is 0 Å². The molecule has 0 spiro atoms. The molecule has 4 rings (SSSR count). The van der Waals surface area contributed by atoms with E-state index in [1.54, 1.807) is 0 Å². The van der Waals surface area contributed by atoms with Crippen molar-refractivity contribution in [3.63, 3.8) is 0 Å². The second-order valence-corrected chi connectivity index (χ2v) is 8.45. The lowest BCUT2D eigenvalue weighted by Crippen LogP contribution is -2.49. The van der Waals surface area contributed by atoms with Gasteiger partial charge < -0.3 is 14.7 Å². The lowest BCUT2D eigenvalue weighted by atomic mass is 9.93. The maximum absolute atomic E-state index is 12.6. The monoisotopic (exact) mass is 399 g/mol. The highest BCUT2D eigenvalue weighted by molar-refractivity contribution is 7.09. The van der Waals surface area contributed by atoms with Crippen molar-refractivity contribution in [1.29, 1.82) is 0 Å². The van der Waals surface area contributed by atoms with Gasteiger partial charge in [0.1, 0.15) is 0 Å². The molecule has 0 unspecified atom stereocenters. The maximum Gasteiger partial charge on any atom is 0.222 e. The number of benzene rings is 1. The first-order valence-corrected chi connectivity index (χ1v) is 11.1. The fraction of sp³-hybridized carbons (Fsp3) is 0.571. The number of piperazine rings is 1. The minimum Gasteiger partial charge on any atom is -0.347 e. The van der Waals surface area contributed by atoms with Crippen LogP contribution in [0.1, 0.15) is 26.2 Å². The van der Waals surface area contributed by atoms with Crippen LogP contribution in [0.5, 0.6) is 0 Å². The summed E-state index contributed by atoms with van der Waals surface area (Å²) in [6.07, 6.45) is 2.81. The van der Waals surface area contributed by atoms with Crippen molar-refractivity contribution < 1.29 is 4.79 Å². The van der Waals surface area contributed by atoms with E-state index in [2.05, 4.69) is 26.0 Å². The Morgan fingerprint density at radius 2 is 1.79 bits per heavy atom. The maximum atomic E-state index is 12.6. The van der Waals surface area contributed by atoms with E-state index in [1.165, 1.54) is 11.5 Å². The highest BCUT2D eigenvalue weighted by Crippen LogP contribution is 2.29. The summed E-state index contributed by atoms with van der Waals surface area (Å²) in [6.45, 7) is 9.00. The van der Waals surface area contributed by atoms with Crippen LogP contribution in [0, 0.1) is 5.92 Å². The molecule has 1 aromatic carbocycles. The van der Waals surface area contributed by atoms with Crippen LogP contribution in [0.25, 0.3) is 11.4 Å². The molecule has 3 heterocycles. The number of amides is 1. The minimum absolute atomic E-state index is 0.344. The molecule has 0 aliphatic carbocycles. The molecular weight excluding hydrogens is 370 g/mol. The second kappa shape index (κ2) is 9.01. The summed E-state index contributed by atoms with van der Waals surface area (Å²) in [5.41, 5.74) is 1.06. The fourth-order valence-electron chi connectivity index (χ4n) is 4.07. The van der Waals surface area contributed by atoms with E-state index in [-0.39, 0.29) is 0 Å². The average molecular weight is 400 g/mol. The molecular formula is C21H29N5OS. The molecule has 1 aromatic heterocycles. The Morgan fingerprint density at radius 3 is 2.46 bits per heavy atom. The third-order valence-corrected chi connectivity index (χ3v) is 6.74. The summed E-state index contributed by atoms with van der Waals surface area (Å²) >= 11 is 1.48. The van der Waals surface area contributed by atoms with Crippen LogP contribution in [0.4, 0.5) is 5.13 Å². The van der Waals surface area contributed by atoms with Gasteiger partial charge in [0, 0.05) is 62.8 Å². The predicted octanol–water partition coefficient (Wildman–Crippen LogP) is 2.98. The third-order valence-electron chi connectivity index (χ3n) is 5.97. The highest BCUT2D eigenvalue weighted by Gasteiger charge is 2.27. The summed E-state index contributed by atoms with van der Waals surface area (Å²) in [7, 11) is 0. The molecule has 2 aliphatic rings. The molecule has 2 saturated heterocycles. The van der Waals surface area contributed by atoms with E-state index in [1.807, 2.05) is 30.3 Å². The molecule has 2 aromatic rings. The van der Waals surface area contributed by atoms with Crippen LogP contribution in [0.2, 0.25) is 0 Å². The van der Waals surface area contributed by atoms with Gasteiger partial charge in [-0.25, -0.2) is 0 Å². The summed E-state index contributed by atoms with van der Waals surface area (Å²) in [6, 6.07) is 10.1. The molecule has 6 nitrogen and oxygen atoms in total. The molecule has 7 heteroatoms. The topological polar surface area (TPSA) is 52.6 Å². The van der Waals surface area contributed by atoms with Gasteiger partial charge in [-0.05, 0) is 25.3 Å². The lowest BCUT2D eigenvalue weighted by molar-refractivity contribution is -0.134. The number of anilines is 1.